The molecule has 3 nitrogen and oxygen atoms in total. The van der Waals surface area contributed by atoms with Crippen LogP contribution in [0.2, 0.25) is 9.63 Å². The third kappa shape index (κ3) is 2.15. The van der Waals surface area contributed by atoms with E-state index < -0.39 is 0 Å². The number of fused-ring (bicyclic) bond motifs is 2. The summed E-state index contributed by atoms with van der Waals surface area (Å²) in [6, 6.07) is 2.19. The fourth-order valence-corrected chi connectivity index (χ4v) is 7.99. The first-order valence-electron chi connectivity index (χ1n) is 7.39. The van der Waals surface area contributed by atoms with Crippen molar-refractivity contribution in [1.82, 2.24) is 0 Å². The molecule has 4 heteroatoms. The fourth-order valence-electron chi connectivity index (χ4n) is 4.01. The molecule has 2 unspecified atom stereocenters. The Balaban J connectivity index is 2.12. The summed E-state index contributed by atoms with van der Waals surface area (Å²) in [5, 5.41) is 8.87. The predicted molar refractivity (Wildman–Crippen MR) is 79.6 cm³/mol. The third-order valence-electron chi connectivity index (χ3n) is 5.95. The molecule has 0 amide bonds. The summed E-state index contributed by atoms with van der Waals surface area (Å²) >= 11 is 0.217. The number of nitriles is 1. The van der Waals surface area contributed by atoms with Gasteiger partial charge in [0.05, 0.1) is 0 Å². The Bertz CT molecular complexity index is 442. The first kappa shape index (κ1) is 16.0. The number of hydrogen-bond acceptors (Lipinski definition) is 3. The van der Waals surface area contributed by atoms with Crippen molar-refractivity contribution in [2.75, 3.05) is 7.11 Å². The molecule has 2 aliphatic carbocycles. The van der Waals surface area contributed by atoms with Crippen LogP contribution in [0.25, 0.3) is 0 Å². The van der Waals surface area contributed by atoms with E-state index in [9.17, 15) is 4.79 Å². The Labute approximate surface area is 128 Å². The van der Waals surface area contributed by atoms with E-state index in [1.54, 1.807) is 7.11 Å². The Morgan fingerprint density at radius 1 is 1.50 bits per heavy atom. The van der Waals surface area contributed by atoms with E-state index in [2.05, 4.69) is 33.8 Å². The van der Waals surface area contributed by atoms with Gasteiger partial charge in [0.1, 0.15) is 0 Å². The molecule has 0 aliphatic heterocycles. The SMILES string of the molecule is COC(CC#N)C(C)[Se][C@@H]1C(=O)[C@]2(C)CC[C@H]1C2(C)C. The van der Waals surface area contributed by atoms with E-state index in [0.717, 1.165) is 6.42 Å². The van der Waals surface area contributed by atoms with E-state index >= 15 is 0 Å². The van der Waals surface area contributed by atoms with Crippen molar-refractivity contribution in [3.63, 3.8) is 0 Å². The predicted octanol–water partition coefficient (Wildman–Crippen LogP) is 3.24. The number of hydrogen-bond donors (Lipinski definition) is 0. The molecule has 2 bridgehead atoms. The molecule has 5 atom stereocenters. The molecular formula is C16H25NO2Se. The van der Waals surface area contributed by atoms with E-state index in [1.807, 2.05) is 0 Å². The Kier molecular flexibility index (Phi) is 4.36. The molecule has 0 aromatic heterocycles. The van der Waals surface area contributed by atoms with Gasteiger partial charge in [-0.2, -0.15) is 0 Å². The number of carbonyl (C=O) groups excluding carboxylic acids is 1. The van der Waals surface area contributed by atoms with Gasteiger partial charge in [-0.15, -0.1) is 0 Å². The third-order valence-corrected chi connectivity index (χ3v) is 9.24. The monoisotopic (exact) mass is 343 g/mol. The molecule has 0 saturated heterocycles. The van der Waals surface area contributed by atoms with Crippen LogP contribution in [0.15, 0.2) is 0 Å². The molecule has 0 radical (unpaired) electrons. The molecule has 112 valence electrons. The van der Waals surface area contributed by atoms with Crippen LogP contribution >= 0.6 is 0 Å². The van der Waals surface area contributed by atoms with Crippen molar-refractivity contribution in [2.45, 2.75) is 62.7 Å². The molecule has 2 aliphatic rings. The molecule has 2 rings (SSSR count). The Hall–Kier alpha value is -0.361. The van der Waals surface area contributed by atoms with Crippen LogP contribution in [-0.2, 0) is 9.53 Å². The van der Waals surface area contributed by atoms with Gasteiger partial charge in [0.15, 0.2) is 0 Å². The maximum atomic E-state index is 12.8. The average molecular weight is 342 g/mol. The number of ether oxygens (including phenoxy) is 1. The minimum atomic E-state index is -0.123. The molecular weight excluding hydrogens is 317 g/mol. The summed E-state index contributed by atoms with van der Waals surface area (Å²) < 4.78 is 5.44. The number of Topliss-reactive ketones (excluding diaryl/α,β-unsaturated/α-hetero) is 1. The van der Waals surface area contributed by atoms with Crippen LogP contribution in [-0.4, -0.2) is 34.0 Å². The molecule has 2 saturated carbocycles. The second-order valence-corrected chi connectivity index (χ2v) is 10.2. The number of methoxy groups -OCH3 is 1. The average Bonchev–Trinajstić information content (AvgIpc) is 2.70. The van der Waals surface area contributed by atoms with Crippen LogP contribution in [0, 0.1) is 28.1 Å². The van der Waals surface area contributed by atoms with Gasteiger partial charge in [0.2, 0.25) is 0 Å². The molecule has 2 fully saturated rings. The quantitative estimate of drug-likeness (QED) is 0.721. The van der Waals surface area contributed by atoms with Crippen molar-refractivity contribution in [3.8, 4) is 6.07 Å². The number of nitrogens with zero attached hydrogens (tertiary/aromatic N) is 1. The van der Waals surface area contributed by atoms with Gasteiger partial charge in [-0.05, 0) is 0 Å². The summed E-state index contributed by atoms with van der Waals surface area (Å²) in [6.07, 6.45) is 2.63. The van der Waals surface area contributed by atoms with Crippen LogP contribution in [0.3, 0.4) is 0 Å². The number of carbonyl (C=O) groups is 1. The Morgan fingerprint density at radius 3 is 2.60 bits per heavy atom. The van der Waals surface area contributed by atoms with E-state index in [0.29, 0.717) is 22.9 Å². The molecule has 0 heterocycles. The van der Waals surface area contributed by atoms with Gasteiger partial charge in [-0.1, -0.05) is 0 Å². The standard InChI is InChI=1S/C16H25NO2Se/c1-10(12(19-5)7-9-17)20-13-11-6-8-16(4,14(13)18)15(11,2)3/h10-13H,6-8H2,1-5H3/t10?,11-,12?,13+,16+/m1/s1. The zero-order valence-electron chi connectivity index (χ0n) is 13.1. The van der Waals surface area contributed by atoms with Gasteiger partial charge >= 0.3 is 128 Å². The first-order valence-corrected chi connectivity index (χ1v) is 9.37. The zero-order valence-corrected chi connectivity index (χ0v) is 14.8. The molecule has 0 spiro atoms. The zero-order chi connectivity index (χ0) is 15.1. The van der Waals surface area contributed by atoms with E-state index in [-0.39, 0.29) is 36.7 Å². The second kappa shape index (κ2) is 5.44. The van der Waals surface area contributed by atoms with Crippen molar-refractivity contribution >= 4 is 20.7 Å². The fraction of sp³-hybridized carbons (Fsp3) is 0.875. The van der Waals surface area contributed by atoms with Gasteiger partial charge in [0.25, 0.3) is 0 Å². The number of rotatable bonds is 5. The van der Waals surface area contributed by atoms with Crippen LogP contribution in [0.1, 0.15) is 47.0 Å². The Morgan fingerprint density at radius 2 is 2.15 bits per heavy atom. The van der Waals surface area contributed by atoms with Gasteiger partial charge in [0, 0.05) is 0 Å². The molecule has 0 aromatic carbocycles. The van der Waals surface area contributed by atoms with Crippen molar-refractivity contribution in [1.29, 1.82) is 5.26 Å². The minimum absolute atomic E-state index is 0.0251. The van der Waals surface area contributed by atoms with Crippen molar-refractivity contribution in [2.24, 2.45) is 16.7 Å². The van der Waals surface area contributed by atoms with Crippen LogP contribution < -0.4 is 0 Å². The van der Waals surface area contributed by atoms with Crippen LogP contribution in [0.5, 0.6) is 0 Å². The van der Waals surface area contributed by atoms with Crippen molar-refractivity contribution in [3.05, 3.63) is 0 Å². The first-order chi connectivity index (χ1) is 9.29. The maximum absolute atomic E-state index is 12.8. The molecule has 0 aromatic rings. The summed E-state index contributed by atoms with van der Waals surface area (Å²) in [4.78, 5) is 13.4. The van der Waals surface area contributed by atoms with Crippen LogP contribution in [0.4, 0.5) is 0 Å². The van der Waals surface area contributed by atoms with Gasteiger partial charge in [-0.25, -0.2) is 0 Å². The molecule has 20 heavy (non-hydrogen) atoms. The molecule has 0 N–H and O–H groups in total. The summed E-state index contributed by atoms with van der Waals surface area (Å²) in [5.74, 6) is 1.01. The van der Waals surface area contributed by atoms with Gasteiger partial charge < -0.3 is 0 Å². The summed E-state index contributed by atoms with van der Waals surface area (Å²) in [7, 11) is 1.67. The van der Waals surface area contributed by atoms with E-state index in [4.69, 9.17) is 10.00 Å². The topological polar surface area (TPSA) is 50.1 Å². The second-order valence-electron chi connectivity index (χ2n) is 6.96. The van der Waals surface area contributed by atoms with Gasteiger partial charge in [-0.3, -0.25) is 0 Å². The number of ketones is 1. The normalized spacial score (nSPS) is 37.7. The summed E-state index contributed by atoms with van der Waals surface area (Å²) in [6.45, 7) is 8.85. The van der Waals surface area contributed by atoms with Crippen molar-refractivity contribution < 1.29 is 9.53 Å². The van der Waals surface area contributed by atoms with E-state index in [1.165, 1.54) is 6.42 Å². The summed E-state index contributed by atoms with van der Waals surface area (Å²) in [5.41, 5.74) is 0.00954.